The highest BCUT2D eigenvalue weighted by atomic mass is 35.5. The number of hydrogen-bond acceptors (Lipinski definition) is 4. The van der Waals surface area contributed by atoms with E-state index in [4.69, 9.17) is 23.2 Å². The Morgan fingerprint density at radius 2 is 1.78 bits per heavy atom. The van der Waals surface area contributed by atoms with Crippen LogP contribution in [0.3, 0.4) is 0 Å². The third kappa shape index (κ3) is 4.34. The van der Waals surface area contributed by atoms with E-state index in [1.165, 1.54) is 5.56 Å². The second kappa shape index (κ2) is 7.31. The number of nitrogens with one attached hydrogen (secondary N) is 2. The first-order chi connectivity index (χ1) is 11.2. The third-order valence-electron chi connectivity index (χ3n) is 3.15. The van der Waals surface area contributed by atoms with Gasteiger partial charge in [0.15, 0.2) is 0 Å². The molecule has 116 valence electrons. The summed E-state index contributed by atoms with van der Waals surface area (Å²) >= 11 is 12.1. The van der Waals surface area contributed by atoms with E-state index in [0.717, 1.165) is 5.82 Å². The molecule has 0 amide bonds. The van der Waals surface area contributed by atoms with Crippen LogP contribution in [0.15, 0.2) is 60.8 Å². The second-order valence-electron chi connectivity index (χ2n) is 4.85. The van der Waals surface area contributed by atoms with E-state index >= 15 is 0 Å². The van der Waals surface area contributed by atoms with Crippen molar-refractivity contribution in [3.63, 3.8) is 0 Å². The van der Waals surface area contributed by atoms with E-state index in [1.807, 2.05) is 24.3 Å². The second-order valence-corrected chi connectivity index (χ2v) is 5.70. The molecule has 0 saturated heterocycles. The van der Waals surface area contributed by atoms with E-state index in [0.29, 0.717) is 28.2 Å². The molecular formula is C17H14Cl2N4. The van der Waals surface area contributed by atoms with E-state index in [9.17, 15) is 0 Å². The lowest BCUT2D eigenvalue weighted by Gasteiger charge is -2.10. The van der Waals surface area contributed by atoms with Crippen LogP contribution in [-0.4, -0.2) is 9.97 Å². The maximum Gasteiger partial charge on any atom is 0.229 e. The van der Waals surface area contributed by atoms with E-state index in [2.05, 4.69) is 32.7 Å². The monoisotopic (exact) mass is 344 g/mol. The number of rotatable bonds is 5. The molecule has 0 atom stereocenters. The Morgan fingerprint density at radius 1 is 0.957 bits per heavy atom. The lowest BCUT2D eigenvalue weighted by molar-refractivity contribution is 1.08. The summed E-state index contributed by atoms with van der Waals surface area (Å²) in [5.41, 5.74) is 1.85. The highest BCUT2D eigenvalue weighted by molar-refractivity contribution is 6.35. The molecule has 3 aromatic rings. The summed E-state index contributed by atoms with van der Waals surface area (Å²) in [7, 11) is 0. The predicted molar refractivity (Wildman–Crippen MR) is 95.5 cm³/mol. The standard InChI is InChI=1S/C17H14Cl2N4/c18-13-6-7-14(19)15(10-13)22-17-20-9-8-16(23-17)21-11-12-4-2-1-3-5-12/h1-10H,11H2,(H2,20,21,22,23). The van der Waals surface area contributed by atoms with E-state index in [1.54, 1.807) is 24.4 Å². The molecule has 2 N–H and O–H groups in total. The van der Waals surface area contributed by atoms with Gasteiger partial charge < -0.3 is 10.6 Å². The molecule has 6 heteroatoms. The number of benzene rings is 2. The first kappa shape index (κ1) is 15.6. The fourth-order valence-electron chi connectivity index (χ4n) is 2.02. The molecule has 1 heterocycles. The van der Waals surface area contributed by atoms with E-state index < -0.39 is 0 Å². The topological polar surface area (TPSA) is 49.8 Å². The van der Waals surface area contributed by atoms with Gasteiger partial charge in [-0.25, -0.2) is 4.98 Å². The zero-order chi connectivity index (χ0) is 16.1. The first-order valence-electron chi connectivity index (χ1n) is 7.03. The summed E-state index contributed by atoms with van der Waals surface area (Å²) in [5, 5.41) is 7.48. The molecule has 0 unspecified atom stereocenters. The molecule has 0 aliphatic carbocycles. The number of hydrogen-bond donors (Lipinski definition) is 2. The summed E-state index contributed by atoms with van der Waals surface area (Å²) < 4.78 is 0. The summed E-state index contributed by atoms with van der Waals surface area (Å²) in [6.07, 6.45) is 1.68. The van der Waals surface area contributed by atoms with Gasteiger partial charge in [-0.1, -0.05) is 53.5 Å². The molecule has 1 aromatic heterocycles. The van der Waals surface area contributed by atoms with Crippen LogP contribution in [-0.2, 0) is 6.54 Å². The van der Waals surface area contributed by atoms with Crippen molar-refractivity contribution in [2.75, 3.05) is 10.6 Å². The van der Waals surface area contributed by atoms with Crippen molar-refractivity contribution in [2.45, 2.75) is 6.54 Å². The lowest BCUT2D eigenvalue weighted by Crippen LogP contribution is -2.04. The molecule has 0 bridgehead atoms. The van der Waals surface area contributed by atoms with Crippen molar-refractivity contribution >= 4 is 40.7 Å². The van der Waals surface area contributed by atoms with Crippen molar-refractivity contribution in [1.82, 2.24) is 9.97 Å². The zero-order valence-electron chi connectivity index (χ0n) is 12.1. The maximum atomic E-state index is 6.13. The minimum Gasteiger partial charge on any atom is -0.366 e. The highest BCUT2D eigenvalue weighted by Gasteiger charge is 2.05. The van der Waals surface area contributed by atoms with Crippen molar-refractivity contribution in [3.8, 4) is 0 Å². The van der Waals surface area contributed by atoms with Gasteiger partial charge in [0.25, 0.3) is 0 Å². The van der Waals surface area contributed by atoms with Crippen LogP contribution in [0.2, 0.25) is 10.0 Å². The van der Waals surface area contributed by atoms with Crippen LogP contribution in [0.25, 0.3) is 0 Å². The van der Waals surface area contributed by atoms with E-state index in [-0.39, 0.29) is 0 Å². The van der Waals surface area contributed by atoms with Gasteiger partial charge >= 0.3 is 0 Å². The van der Waals surface area contributed by atoms with Crippen LogP contribution in [0.5, 0.6) is 0 Å². The molecule has 0 aliphatic heterocycles. The minimum atomic E-state index is 0.451. The van der Waals surface area contributed by atoms with Crippen molar-refractivity contribution < 1.29 is 0 Å². The Balaban J connectivity index is 1.71. The van der Waals surface area contributed by atoms with Gasteiger partial charge in [0.2, 0.25) is 5.95 Å². The van der Waals surface area contributed by atoms with Gasteiger partial charge in [-0.15, -0.1) is 0 Å². The van der Waals surface area contributed by atoms with Crippen molar-refractivity contribution in [3.05, 3.63) is 76.4 Å². The largest absolute Gasteiger partial charge is 0.366 e. The molecular weight excluding hydrogens is 331 g/mol. The molecule has 0 aliphatic rings. The molecule has 0 saturated carbocycles. The number of nitrogens with zero attached hydrogens (tertiary/aromatic N) is 2. The van der Waals surface area contributed by atoms with Gasteiger partial charge in [-0.05, 0) is 29.8 Å². The molecule has 23 heavy (non-hydrogen) atoms. The molecule has 0 fully saturated rings. The quantitative estimate of drug-likeness (QED) is 0.672. The van der Waals surface area contributed by atoms with Gasteiger partial charge in [0, 0.05) is 17.8 Å². The minimum absolute atomic E-state index is 0.451. The molecule has 3 rings (SSSR count). The molecule has 0 spiro atoms. The van der Waals surface area contributed by atoms with Crippen LogP contribution < -0.4 is 10.6 Å². The Hall–Kier alpha value is -2.30. The summed E-state index contributed by atoms with van der Waals surface area (Å²) in [6.45, 7) is 0.690. The normalized spacial score (nSPS) is 10.3. The fourth-order valence-corrected chi connectivity index (χ4v) is 2.36. The van der Waals surface area contributed by atoms with Crippen LogP contribution in [0, 0.1) is 0 Å². The SMILES string of the molecule is Clc1ccc(Cl)c(Nc2nccc(NCc3ccccc3)n2)c1. The van der Waals surface area contributed by atoms with Crippen molar-refractivity contribution in [1.29, 1.82) is 0 Å². The van der Waals surface area contributed by atoms with Gasteiger partial charge in [0.05, 0.1) is 10.7 Å². The van der Waals surface area contributed by atoms with Crippen molar-refractivity contribution in [2.24, 2.45) is 0 Å². The Morgan fingerprint density at radius 3 is 2.61 bits per heavy atom. The fraction of sp³-hybridized carbons (Fsp3) is 0.0588. The number of aromatic nitrogens is 2. The molecule has 0 radical (unpaired) electrons. The predicted octanol–water partition coefficient (Wildman–Crippen LogP) is 5.14. The average Bonchev–Trinajstić information content (AvgIpc) is 2.58. The van der Waals surface area contributed by atoms with Gasteiger partial charge in [-0.2, -0.15) is 4.98 Å². The third-order valence-corrected chi connectivity index (χ3v) is 3.71. The number of halogens is 2. The Kier molecular flexibility index (Phi) is 4.95. The summed E-state index contributed by atoms with van der Waals surface area (Å²) in [4.78, 5) is 8.62. The van der Waals surface area contributed by atoms with Gasteiger partial charge in [-0.3, -0.25) is 0 Å². The van der Waals surface area contributed by atoms with Crippen LogP contribution >= 0.6 is 23.2 Å². The highest BCUT2D eigenvalue weighted by Crippen LogP contribution is 2.27. The smallest absolute Gasteiger partial charge is 0.229 e. The average molecular weight is 345 g/mol. The maximum absolute atomic E-state index is 6.13. The number of anilines is 3. The molecule has 2 aromatic carbocycles. The Labute approximate surface area is 144 Å². The first-order valence-corrected chi connectivity index (χ1v) is 7.79. The lowest BCUT2D eigenvalue weighted by atomic mass is 10.2. The zero-order valence-corrected chi connectivity index (χ0v) is 13.6. The van der Waals surface area contributed by atoms with Gasteiger partial charge in [0.1, 0.15) is 5.82 Å². The van der Waals surface area contributed by atoms with Crippen LogP contribution in [0.4, 0.5) is 17.5 Å². The summed E-state index contributed by atoms with van der Waals surface area (Å²) in [6, 6.07) is 17.1. The summed E-state index contributed by atoms with van der Waals surface area (Å²) in [5.74, 6) is 1.18. The Bertz CT molecular complexity index is 794. The molecule has 4 nitrogen and oxygen atoms in total. The van der Waals surface area contributed by atoms with Crippen LogP contribution in [0.1, 0.15) is 5.56 Å².